The van der Waals surface area contributed by atoms with Gasteiger partial charge in [-0.3, -0.25) is 9.79 Å². The van der Waals surface area contributed by atoms with Crippen molar-refractivity contribution < 1.29 is 27.1 Å². The van der Waals surface area contributed by atoms with Gasteiger partial charge in [0.25, 0.3) is 0 Å². The average Bonchev–Trinajstić information content (AvgIpc) is 2.67. The van der Waals surface area contributed by atoms with Gasteiger partial charge < -0.3 is 20.7 Å². The number of nitrogens with one attached hydrogen (secondary N) is 3. The monoisotopic (exact) mass is 426 g/mol. The summed E-state index contributed by atoms with van der Waals surface area (Å²) in [5, 5.41) is 8.21. The summed E-state index contributed by atoms with van der Waals surface area (Å²) in [5.41, 5.74) is 1.57. The van der Waals surface area contributed by atoms with E-state index in [-0.39, 0.29) is 24.8 Å². The van der Waals surface area contributed by atoms with E-state index in [1.54, 1.807) is 25.1 Å². The zero-order valence-corrected chi connectivity index (χ0v) is 16.4. The van der Waals surface area contributed by atoms with Gasteiger partial charge in [-0.15, -0.1) is 0 Å². The van der Waals surface area contributed by atoms with Crippen molar-refractivity contribution in [2.75, 3.05) is 25.5 Å². The van der Waals surface area contributed by atoms with E-state index in [0.29, 0.717) is 11.3 Å². The Hall–Kier alpha value is -3.30. The number of amides is 1. The van der Waals surface area contributed by atoms with Crippen LogP contribution in [0.2, 0.25) is 0 Å². The van der Waals surface area contributed by atoms with E-state index < -0.39 is 24.5 Å². The van der Waals surface area contributed by atoms with Crippen LogP contribution in [0, 0.1) is 12.7 Å². The van der Waals surface area contributed by atoms with Crippen molar-refractivity contribution in [2.45, 2.75) is 19.6 Å². The Bertz CT molecular complexity index is 901. The second-order valence-electron chi connectivity index (χ2n) is 6.35. The van der Waals surface area contributed by atoms with Crippen LogP contribution in [0.4, 0.5) is 23.2 Å². The summed E-state index contributed by atoms with van der Waals surface area (Å²) in [6.07, 6.45) is -4.44. The number of halogens is 4. The number of rotatable bonds is 7. The topological polar surface area (TPSA) is 74.8 Å². The molecule has 10 heteroatoms. The molecule has 0 saturated carbocycles. The maximum atomic E-state index is 13.2. The maximum absolute atomic E-state index is 13.2. The lowest BCUT2D eigenvalue weighted by atomic mass is 10.1. The Labute approximate surface area is 171 Å². The van der Waals surface area contributed by atoms with Gasteiger partial charge in [0.05, 0.1) is 6.54 Å². The molecule has 6 nitrogen and oxygen atoms in total. The summed E-state index contributed by atoms with van der Waals surface area (Å²) in [4.78, 5) is 15.9. The Morgan fingerprint density at radius 3 is 2.57 bits per heavy atom. The Morgan fingerprint density at radius 1 is 1.13 bits per heavy atom. The van der Waals surface area contributed by atoms with Crippen LogP contribution >= 0.6 is 0 Å². The van der Waals surface area contributed by atoms with Gasteiger partial charge in [0.2, 0.25) is 5.91 Å². The zero-order valence-electron chi connectivity index (χ0n) is 16.4. The van der Waals surface area contributed by atoms with Gasteiger partial charge >= 0.3 is 6.18 Å². The van der Waals surface area contributed by atoms with Crippen molar-refractivity contribution >= 4 is 17.6 Å². The molecule has 3 N–H and O–H groups in total. The first-order valence-electron chi connectivity index (χ1n) is 8.95. The molecule has 0 atom stereocenters. The van der Waals surface area contributed by atoms with Crippen LogP contribution in [0.1, 0.15) is 11.1 Å². The predicted octanol–water partition coefficient (Wildman–Crippen LogP) is 3.38. The molecule has 0 aliphatic heterocycles. The molecule has 0 aromatic heterocycles. The molecular formula is C20H22F4N4O2. The number of guanidine groups is 1. The molecule has 0 bridgehead atoms. The third-order valence-electron chi connectivity index (χ3n) is 3.81. The van der Waals surface area contributed by atoms with Crippen molar-refractivity contribution in [3.05, 3.63) is 59.4 Å². The van der Waals surface area contributed by atoms with Crippen LogP contribution in [0.5, 0.6) is 5.75 Å². The van der Waals surface area contributed by atoms with E-state index in [1.165, 1.54) is 31.3 Å². The third kappa shape index (κ3) is 7.98. The number of carbonyl (C=O) groups excluding carboxylic acids is 1. The number of aliphatic imine (C=N–C) groups is 1. The van der Waals surface area contributed by atoms with Gasteiger partial charge in [-0.2, -0.15) is 13.2 Å². The quantitative estimate of drug-likeness (QED) is 0.361. The lowest BCUT2D eigenvalue weighted by molar-refractivity contribution is -0.153. The first kappa shape index (κ1) is 23.0. The highest BCUT2D eigenvalue weighted by atomic mass is 19.4. The lowest BCUT2D eigenvalue weighted by Crippen LogP contribution is -2.41. The van der Waals surface area contributed by atoms with E-state index in [4.69, 9.17) is 4.74 Å². The van der Waals surface area contributed by atoms with Crippen molar-refractivity contribution in [1.82, 2.24) is 10.6 Å². The molecule has 2 rings (SSSR count). The molecule has 0 aliphatic carbocycles. The third-order valence-corrected chi connectivity index (χ3v) is 3.81. The lowest BCUT2D eigenvalue weighted by Gasteiger charge is -2.16. The minimum absolute atomic E-state index is 0.110. The summed E-state index contributed by atoms with van der Waals surface area (Å²) in [6, 6.07) is 10.4. The summed E-state index contributed by atoms with van der Waals surface area (Å²) in [5.74, 6) is -0.529. The van der Waals surface area contributed by atoms with Gasteiger partial charge in [-0.05, 0) is 36.8 Å². The van der Waals surface area contributed by atoms with Gasteiger partial charge in [0.15, 0.2) is 12.6 Å². The van der Waals surface area contributed by atoms with E-state index in [0.717, 1.165) is 5.56 Å². The summed E-state index contributed by atoms with van der Waals surface area (Å²) in [6.45, 7) is 0.326. The second-order valence-corrected chi connectivity index (χ2v) is 6.35. The average molecular weight is 426 g/mol. The van der Waals surface area contributed by atoms with Crippen molar-refractivity contribution in [2.24, 2.45) is 4.99 Å². The van der Waals surface area contributed by atoms with Crippen LogP contribution in [0.25, 0.3) is 0 Å². The van der Waals surface area contributed by atoms with E-state index in [9.17, 15) is 22.4 Å². The Morgan fingerprint density at radius 2 is 1.90 bits per heavy atom. The molecule has 0 fully saturated rings. The summed E-state index contributed by atoms with van der Waals surface area (Å²) in [7, 11) is 1.48. The fraction of sp³-hybridized carbons (Fsp3) is 0.300. The molecule has 2 aromatic carbocycles. The number of hydrogen-bond acceptors (Lipinski definition) is 3. The van der Waals surface area contributed by atoms with Crippen molar-refractivity contribution in [3.63, 3.8) is 0 Å². The number of benzene rings is 2. The highest BCUT2D eigenvalue weighted by Gasteiger charge is 2.28. The Balaban J connectivity index is 1.90. The predicted molar refractivity (Wildman–Crippen MR) is 106 cm³/mol. The van der Waals surface area contributed by atoms with Crippen LogP contribution in [0.15, 0.2) is 47.5 Å². The van der Waals surface area contributed by atoms with Crippen LogP contribution in [-0.2, 0) is 11.3 Å². The molecule has 2 aromatic rings. The molecule has 0 spiro atoms. The van der Waals surface area contributed by atoms with Crippen LogP contribution < -0.4 is 20.7 Å². The number of hydrogen-bond donors (Lipinski definition) is 3. The number of alkyl halides is 3. The zero-order chi connectivity index (χ0) is 22.1. The van der Waals surface area contributed by atoms with Gasteiger partial charge in [-0.25, -0.2) is 4.39 Å². The number of aryl methyl sites for hydroxylation is 1. The maximum Gasteiger partial charge on any atom is 0.422 e. The van der Waals surface area contributed by atoms with Gasteiger partial charge in [0, 0.05) is 24.8 Å². The fourth-order valence-corrected chi connectivity index (χ4v) is 2.44. The second kappa shape index (κ2) is 10.5. The smallest absolute Gasteiger partial charge is 0.422 e. The molecule has 1 amide bonds. The molecule has 0 unspecified atom stereocenters. The van der Waals surface area contributed by atoms with Gasteiger partial charge in [0.1, 0.15) is 11.6 Å². The molecule has 162 valence electrons. The molecule has 0 aliphatic rings. The number of nitrogens with zero attached hydrogens (tertiary/aromatic N) is 1. The first-order valence-corrected chi connectivity index (χ1v) is 8.95. The standard InChI is InChI=1S/C20H22F4N4O2/c1-13-6-7-14(17(8-13)30-12-20(22,23)24)10-26-19(25-2)27-11-18(29)28-16-5-3-4-15(21)9-16/h3-9H,10-12H2,1-2H3,(H,28,29)(H2,25,26,27). The number of anilines is 1. The van der Waals surface area contributed by atoms with Crippen LogP contribution in [-0.4, -0.2) is 38.2 Å². The summed E-state index contributed by atoms with van der Waals surface area (Å²) < 4.78 is 55.5. The minimum Gasteiger partial charge on any atom is -0.484 e. The molecule has 0 saturated heterocycles. The molecule has 30 heavy (non-hydrogen) atoms. The highest BCUT2D eigenvalue weighted by Crippen LogP contribution is 2.23. The highest BCUT2D eigenvalue weighted by molar-refractivity contribution is 5.94. The fourth-order valence-electron chi connectivity index (χ4n) is 2.44. The first-order chi connectivity index (χ1) is 14.2. The van der Waals surface area contributed by atoms with E-state index in [1.807, 2.05) is 0 Å². The number of carbonyl (C=O) groups is 1. The molecule has 0 heterocycles. The molecule has 0 radical (unpaired) electrons. The SMILES string of the molecule is CN=C(NCC(=O)Nc1cccc(F)c1)NCc1ccc(C)cc1OCC(F)(F)F. The number of ether oxygens (including phenoxy) is 1. The Kier molecular flexibility index (Phi) is 8.02. The van der Waals surface area contributed by atoms with Crippen LogP contribution in [0.3, 0.4) is 0 Å². The largest absolute Gasteiger partial charge is 0.484 e. The van der Waals surface area contributed by atoms with Gasteiger partial charge in [-0.1, -0.05) is 18.2 Å². The molecular weight excluding hydrogens is 404 g/mol. The normalized spacial score (nSPS) is 11.7. The van der Waals surface area contributed by atoms with Crippen molar-refractivity contribution in [1.29, 1.82) is 0 Å². The minimum atomic E-state index is -4.44. The van der Waals surface area contributed by atoms with E-state index in [2.05, 4.69) is 20.9 Å². The van der Waals surface area contributed by atoms with E-state index >= 15 is 0 Å². The van der Waals surface area contributed by atoms with Crippen molar-refractivity contribution in [3.8, 4) is 5.75 Å². The summed E-state index contributed by atoms with van der Waals surface area (Å²) >= 11 is 0.